The molecule has 0 aromatic heterocycles. The zero-order valence-electron chi connectivity index (χ0n) is 18.9. The van der Waals surface area contributed by atoms with Gasteiger partial charge in [-0.2, -0.15) is 0 Å². The molecule has 1 unspecified atom stereocenters. The molecule has 32 heavy (non-hydrogen) atoms. The van der Waals surface area contributed by atoms with Crippen molar-refractivity contribution >= 4 is 29.1 Å². The molecule has 2 aromatic rings. The van der Waals surface area contributed by atoms with Crippen LogP contribution in [0.4, 0.5) is 5.69 Å². The molecule has 0 amide bonds. The van der Waals surface area contributed by atoms with Crippen molar-refractivity contribution in [3.63, 3.8) is 0 Å². The Morgan fingerprint density at radius 3 is 2.75 bits per heavy atom. The summed E-state index contributed by atoms with van der Waals surface area (Å²) in [5.74, 6) is 2.10. The number of fused-ring (bicyclic) bond motifs is 2. The molecule has 170 valence electrons. The Labute approximate surface area is 194 Å². The highest BCUT2D eigenvalue weighted by molar-refractivity contribution is 6.31. The number of carbonyl (C=O) groups excluding carboxylic acids is 1. The number of piperazine rings is 1. The minimum Gasteiger partial charge on any atom is -0.466 e. The Bertz CT molecular complexity index is 1020. The van der Waals surface area contributed by atoms with Crippen molar-refractivity contribution < 1.29 is 14.3 Å². The maximum atomic E-state index is 13.0. The number of hydrogen-bond acceptors (Lipinski definition) is 6. The summed E-state index contributed by atoms with van der Waals surface area (Å²) in [6, 6.07) is 13.3. The quantitative estimate of drug-likeness (QED) is 0.630. The molecule has 2 aliphatic heterocycles. The van der Waals surface area contributed by atoms with Gasteiger partial charge in [0.25, 0.3) is 0 Å². The summed E-state index contributed by atoms with van der Waals surface area (Å²) >= 11 is 6.37. The number of rotatable bonds is 5. The van der Waals surface area contributed by atoms with Gasteiger partial charge >= 0.3 is 5.97 Å². The number of carbonyl (C=O) groups is 1. The monoisotopic (exact) mass is 455 g/mol. The van der Waals surface area contributed by atoms with E-state index in [1.54, 1.807) is 0 Å². The predicted octanol–water partition coefficient (Wildman–Crippen LogP) is 5.17. The molecule has 1 N–H and O–H groups in total. The van der Waals surface area contributed by atoms with E-state index in [0.717, 1.165) is 35.9 Å². The minimum atomic E-state index is -0.592. The number of esters is 1. The van der Waals surface area contributed by atoms with Crippen LogP contribution in [0.25, 0.3) is 0 Å². The van der Waals surface area contributed by atoms with Gasteiger partial charge in [0, 0.05) is 30.7 Å². The van der Waals surface area contributed by atoms with Crippen LogP contribution in [0.3, 0.4) is 0 Å². The number of benzene rings is 2. The molecule has 4 rings (SSSR count). The Balaban J connectivity index is 1.74. The highest BCUT2D eigenvalue weighted by atomic mass is 35.5. The number of ether oxygens (including phenoxy) is 2. The van der Waals surface area contributed by atoms with E-state index < -0.39 is 5.41 Å². The Kier molecular flexibility index (Phi) is 6.72. The second-order valence-corrected chi connectivity index (χ2v) is 8.62. The molecule has 7 heteroatoms. The SMILES string of the molecule is CCOC(=O)C(CC)(CC)C1CN(C2=Nc3ccccc3Oc3ccc(Cl)cc32)CCN1. The fourth-order valence-electron chi connectivity index (χ4n) is 4.70. The van der Waals surface area contributed by atoms with E-state index in [1.165, 1.54) is 0 Å². The van der Waals surface area contributed by atoms with E-state index in [-0.39, 0.29) is 12.0 Å². The molecule has 1 atom stereocenters. The Morgan fingerprint density at radius 2 is 2.00 bits per heavy atom. The fraction of sp³-hybridized carbons (Fsp3) is 0.440. The molecule has 2 aromatic carbocycles. The largest absolute Gasteiger partial charge is 0.466 e. The molecular weight excluding hydrogens is 426 g/mol. The molecule has 0 bridgehead atoms. The first-order chi connectivity index (χ1) is 15.5. The standard InChI is InChI=1S/C25H30ClN3O3/c1-4-25(5-2,24(30)31-6-3)22-16-29(14-13-27-22)23-18-15-17(26)11-12-20(18)32-21-10-8-7-9-19(21)28-23/h7-12,15,22,27H,4-6,13-14,16H2,1-3H3. The van der Waals surface area contributed by atoms with Crippen LogP contribution >= 0.6 is 11.6 Å². The van der Waals surface area contributed by atoms with Gasteiger partial charge in [0.15, 0.2) is 5.75 Å². The molecule has 6 nitrogen and oxygen atoms in total. The molecule has 2 aliphatic rings. The van der Waals surface area contributed by atoms with Crippen molar-refractivity contribution in [1.82, 2.24) is 10.2 Å². The number of nitrogens with one attached hydrogen (secondary N) is 1. The van der Waals surface area contributed by atoms with E-state index in [9.17, 15) is 4.79 Å². The number of hydrogen-bond donors (Lipinski definition) is 1. The van der Waals surface area contributed by atoms with Crippen molar-refractivity contribution in [1.29, 1.82) is 0 Å². The van der Waals surface area contributed by atoms with Crippen LogP contribution < -0.4 is 10.1 Å². The third-order valence-electron chi connectivity index (χ3n) is 6.58. The normalized spacial score (nSPS) is 18.1. The number of nitrogens with zero attached hydrogens (tertiary/aromatic N) is 2. The van der Waals surface area contributed by atoms with Crippen LogP contribution in [-0.2, 0) is 9.53 Å². The van der Waals surface area contributed by atoms with Crippen LogP contribution in [0.15, 0.2) is 47.5 Å². The van der Waals surface area contributed by atoms with E-state index in [4.69, 9.17) is 26.1 Å². The molecule has 1 fully saturated rings. The van der Waals surface area contributed by atoms with Crippen molar-refractivity contribution in [2.45, 2.75) is 39.7 Å². The maximum Gasteiger partial charge on any atom is 0.313 e. The summed E-state index contributed by atoms with van der Waals surface area (Å²) in [6.45, 7) is 8.48. The van der Waals surface area contributed by atoms with Crippen LogP contribution in [0.5, 0.6) is 11.5 Å². The summed E-state index contributed by atoms with van der Waals surface area (Å²) < 4.78 is 11.7. The first-order valence-electron chi connectivity index (χ1n) is 11.3. The Morgan fingerprint density at radius 1 is 1.22 bits per heavy atom. The zero-order valence-corrected chi connectivity index (χ0v) is 19.6. The van der Waals surface area contributed by atoms with Gasteiger partial charge in [0.2, 0.25) is 0 Å². The highest BCUT2D eigenvalue weighted by Crippen LogP contribution is 2.40. The van der Waals surface area contributed by atoms with Gasteiger partial charge in [-0.05, 0) is 50.1 Å². The van der Waals surface area contributed by atoms with E-state index in [1.807, 2.05) is 49.4 Å². The average molecular weight is 456 g/mol. The van der Waals surface area contributed by atoms with Crippen LogP contribution in [0, 0.1) is 5.41 Å². The molecule has 0 spiro atoms. The summed E-state index contributed by atoms with van der Waals surface area (Å²) in [5, 5.41) is 4.21. The first-order valence-corrected chi connectivity index (χ1v) is 11.7. The maximum absolute atomic E-state index is 13.0. The number of amidine groups is 1. The smallest absolute Gasteiger partial charge is 0.313 e. The molecule has 0 aliphatic carbocycles. The van der Waals surface area contributed by atoms with Crippen molar-refractivity contribution in [3.05, 3.63) is 53.1 Å². The summed E-state index contributed by atoms with van der Waals surface area (Å²) in [7, 11) is 0. The molecule has 2 heterocycles. The van der Waals surface area contributed by atoms with E-state index >= 15 is 0 Å². The summed E-state index contributed by atoms with van der Waals surface area (Å²) in [4.78, 5) is 20.3. The molecule has 1 saturated heterocycles. The molecule has 0 saturated carbocycles. The second-order valence-electron chi connectivity index (χ2n) is 8.18. The van der Waals surface area contributed by atoms with Gasteiger partial charge in [-0.25, -0.2) is 4.99 Å². The lowest BCUT2D eigenvalue weighted by Crippen LogP contribution is -2.61. The Hall–Kier alpha value is -2.57. The number of para-hydroxylation sites is 2. The third kappa shape index (κ3) is 4.09. The van der Waals surface area contributed by atoms with Gasteiger partial charge in [-0.15, -0.1) is 0 Å². The number of aliphatic imine (C=N–C) groups is 1. The van der Waals surface area contributed by atoms with Gasteiger partial charge < -0.3 is 19.7 Å². The molecular formula is C25H30ClN3O3. The zero-order chi connectivity index (χ0) is 22.7. The average Bonchev–Trinajstić information content (AvgIpc) is 2.97. The lowest BCUT2D eigenvalue weighted by molar-refractivity contribution is -0.158. The second kappa shape index (κ2) is 9.51. The van der Waals surface area contributed by atoms with Crippen molar-refractivity contribution in [2.24, 2.45) is 10.4 Å². The van der Waals surface area contributed by atoms with Crippen LogP contribution in [0.1, 0.15) is 39.2 Å². The third-order valence-corrected chi connectivity index (χ3v) is 6.81. The van der Waals surface area contributed by atoms with Gasteiger partial charge in [0.05, 0.1) is 17.6 Å². The number of halogens is 1. The van der Waals surface area contributed by atoms with Crippen LogP contribution in [0.2, 0.25) is 5.02 Å². The van der Waals surface area contributed by atoms with Crippen molar-refractivity contribution in [2.75, 3.05) is 26.2 Å². The highest BCUT2D eigenvalue weighted by Gasteiger charge is 2.46. The van der Waals surface area contributed by atoms with Crippen molar-refractivity contribution in [3.8, 4) is 11.5 Å². The lowest BCUT2D eigenvalue weighted by Gasteiger charge is -2.44. The van der Waals surface area contributed by atoms with Gasteiger partial charge in [-0.1, -0.05) is 37.6 Å². The summed E-state index contributed by atoms with van der Waals surface area (Å²) in [6.07, 6.45) is 1.41. The first kappa shape index (κ1) is 22.6. The molecule has 0 radical (unpaired) electrons. The van der Waals surface area contributed by atoms with Gasteiger partial charge in [-0.3, -0.25) is 4.79 Å². The predicted molar refractivity (Wildman–Crippen MR) is 127 cm³/mol. The fourth-order valence-corrected chi connectivity index (χ4v) is 4.87. The van der Waals surface area contributed by atoms with Gasteiger partial charge in [0.1, 0.15) is 17.3 Å². The van der Waals surface area contributed by atoms with E-state index in [0.29, 0.717) is 36.8 Å². The minimum absolute atomic E-state index is 0.0601. The van der Waals surface area contributed by atoms with E-state index in [2.05, 4.69) is 24.1 Å². The topological polar surface area (TPSA) is 63.2 Å². The summed E-state index contributed by atoms with van der Waals surface area (Å²) in [5.41, 5.74) is 1.03. The van der Waals surface area contributed by atoms with Crippen LogP contribution in [-0.4, -0.2) is 49.0 Å². The lowest BCUT2D eigenvalue weighted by atomic mass is 9.74.